The average molecular weight is 325 g/mol. The molecule has 2 aromatic rings. The van der Waals surface area contributed by atoms with Gasteiger partial charge in [-0.15, -0.1) is 0 Å². The van der Waals surface area contributed by atoms with Crippen molar-refractivity contribution in [1.29, 1.82) is 0 Å². The van der Waals surface area contributed by atoms with Gasteiger partial charge in [0.1, 0.15) is 6.54 Å². The van der Waals surface area contributed by atoms with Crippen LogP contribution in [0.15, 0.2) is 34.0 Å². The zero-order valence-corrected chi connectivity index (χ0v) is 11.9. The van der Waals surface area contributed by atoms with Crippen LogP contribution in [0.3, 0.4) is 0 Å². The minimum atomic E-state index is -0.296. The second-order valence-electron chi connectivity index (χ2n) is 3.92. The van der Waals surface area contributed by atoms with E-state index in [0.717, 1.165) is 20.9 Å². The van der Waals surface area contributed by atoms with Crippen LogP contribution in [0, 0.1) is 0 Å². The van der Waals surface area contributed by atoms with Crippen molar-refractivity contribution in [2.45, 2.75) is 13.5 Å². The molecule has 1 aromatic carbocycles. The molecular formula is C13H13BrN2O3. The second kappa shape index (κ2) is 5.88. The van der Waals surface area contributed by atoms with Gasteiger partial charge in [0.25, 0.3) is 0 Å². The fourth-order valence-electron chi connectivity index (χ4n) is 1.94. The maximum atomic E-state index is 11.6. The molecule has 0 aliphatic rings. The van der Waals surface area contributed by atoms with Gasteiger partial charge >= 0.3 is 5.97 Å². The molecule has 0 aliphatic heterocycles. The highest BCUT2D eigenvalue weighted by atomic mass is 79.9. The number of hydrogen-bond acceptors (Lipinski definition) is 4. The normalized spacial score (nSPS) is 11.3. The van der Waals surface area contributed by atoms with E-state index in [1.54, 1.807) is 17.7 Å². The lowest BCUT2D eigenvalue weighted by atomic mass is 10.2. The van der Waals surface area contributed by atoms with E-state index >= 15 is 0 Å². The van der Waals surface area contributed by atoms with E-state index in [0.29, 0.717) is 6.61 Å². The van der Waals surface area contributed by atoms with Gasteiger partial charge in [0.2, 0.25) is 0 Å². The molecule has 0 radical (unpaired) electrons. The third-order valence-corrected chi connectivity index (χ3v) is 3.17. The molecule has 1 aromatic heterocycles. The fourth-order valence-corrected chi connectivity index (χ4v) is 2.30. The van der Waals surface area contributed by atoms with Gasteiger partial charge in [-0.1, -0.05) is 21.1 Å². The Morgan fingerprint density at radius 3 is 3.05 bits per heavy atom. The molecule has 0 saturated carbocycles. The number of esters is 1. The summed E-state index contributed by atoms with van der Waals surface area (Å²) in [5.41, 5.74) is 1.62. The molecule has 100 valence electrons. The van der Waals surface area contributed by atoms with Crippen LogP contribution in [0.25, 0.3) is 10.9 Å². The number of benzene rings is 1. The number of aromatic nitrogens is 1. The lowest BCUT2D eigenvalue weighted by molar-refractivity contribution is -0.143. The summed E-state index contributed by atoms with van der Waals surface area (Å²) in [6, 6.07) is 5.70. The Hall–Kier alpha value is -1.82. The van der Waals surface area contributed by atoms with Crippen LogP contribution >= 0.6 is 15.9 Å². The number of oxime groups is 1. The molecule has 6 heteroatoms. The SMILES string of the molecule is CCOC(=O)Cn1cc(/C=N/O)c2cc(Br)ccc21. The van der Waals surface area contributed by atoms with E-state index in [-0.39, 0.29) is 12.5 Å². The Morgan fingerprint density at radius 2 is 2.37 bits per heavy atom. The molecule has 0 unspecified atom stereocenters. The Morgan fingerprint density at radius 1 is 1.58 bits per heavy atom. The maximum absolute atomic E-state index is 11.6. The van der Waals surface area contributed by atoms with Crippen LogP contribution in [0.5, 0.6) is 0 Å². The summed E-state index contributed by atoms with van der Waals surface area (Å²) in [6.45, 7) is 2.26. The molecule has 1 N–H and O–H groups in total. The van der Waals surface area contributed by atoms with Gasteiger partial charge in [-0.2, -0.15) is 0 Å². The van der Waals surface area contributed by atoms with Gasteiger partial charge in [-0.25, -0.2) is 0 Å². The van der Waals surface area contributed by atoms with E-state index in [2.05, 4.69) is 21.1 Å². The first-order valence-electron chi connectivity index (χ1n) is 5.77. The van der Waals surface area contributed by atoms with E-state index in [1.165, 1.54) is 6.21 Å². The van der Waals surface area contributed by atoms with E-state index in [9.17, 15) is 4.79 Å². The molecule has 0 aliphatic carbocycles. The van der Waals surface area contributed by atoms with Gasteiger partial charge in [0.15, 0.2) is 0 Å². The van der Waals surface area contributed by atoms with Gasteiger partial charge in [0.05, 0.1) is 12.8 Å². The van der Waals surface area contributed by atoms with Crippen molar-refractivity contribution in [3.63, 3.8) is 0 Å². The predicted octanol–water partition coefficient (Wildman–Crippen LogP) is 2.78. The first-order valence-corrected chi connectivity index (χ1v) is 6.56. The molecule has 2 rings (SSSR count). The molecule has 19 heavy (non-hydrogen) atoms. The zero-order chi connectivity index (χ0) is 13.8. The van der Waals surface area contributed by atoms with Crippen LogP contribution < -0.4 is 0 Å². The van der Waals surface area contributed by atoms with Crippen LogP contribution in [-0.4, -0.2) is 28.6 Å². The third kappa shape index (κ3) is 2.96. The number of nitrogens with zero attached hydrogens (tertiary/aromatic N) is 2. The molecule has 0 saturated heterocycles. The van der Waals surface area contributed by atoms with Gasteiger partial charge in [-0.05, 0) is 25.1 Å². The van der Waals surface area contributed by atoms with E-state index < -0.39 is 0 Å². The topological polar surface area (TPSA) is 63.8 Å². The number of halogens is 1. The first kappa shape index (κ1) is 13.6. The summed E-state index contributed by atoms with van der Waals surface area (Å²) >= 11 is 3.39. The minimum absolute atomic E-state index is 0.130. The van der Waals surface area contributed by atoms with E-state index in [1.807, 2.05) is 18.2 Å². The first-order chi connectivity index (χ1) is 9.15. The standard InChI is InChI=1S/C13H13BrN2O3/c1-2-19-13(17)8-16-7-9(6-15-18)11-5-10(14)3-4-12(11)16/h3-7,18H,2,8H2,1H3/b15-6+. The highest BCUT2D eigenvalue weighted by molar-refractivity contribution is 9.10. The number of ether oxygens (including phenoxy) is 1. The number of hydrogen-bond donors (Lipinski definition) is 1. The van der Waals surface area contributed by atoms with Crippen molar-refractivity contribution < 1.29 is 14.7 Å². The van der Waals surface area contributed by atoms with Crippen LogP contribution in [0.4, 0.5) is 0 Å². The lowest BCUT2D eigenvalue weighted by Gasteiger charge is -2.04. The van der Waals surface area contributed by atoms with Crippen LogP contribution in [0.2, 0.25) is 0 Å². The number of carbonyl (C=O) groups is 1. The van der Waals surface area contributed by atoms with E-state index in [4.69, 9.17) is 9.94 Å². The Balaban J connectivity index is 2.47. The van der Waals surface area contributed by atoms with Crippen LogP contribution in [-0.2, 0) is 16.1 Å². The Labute approximate surface area is 118 Å². The number of carbonyl (C=O) groups excluding carboxylic acids is 1. The molecule has 0 bridgehead atoms. The Kier molecular flexibility index (Phi) is 4.21. The maximum Gasteiger partial charge on any atom is 0.325 e. The molecule has 0 amide bonds. The fraction of sp³-hybridized carbons (Fsp3) is 0.231. The van der Waals surface area contributed by atoms with Crippen molar-refractivity contribution >= 4 is 39.0 Å². The average Bonchev–Trinajstić information content (AvgIpc) is 2.68. The third-order valence-electron chi connectivity index (χ3n) is 2.68. The van der Waals surface area contributed by atoms with Crippen molar-refractivity contribution in [1.82, 2.24) is 4.57 Å². The summed E-state index contributed by atoms with van der Waals surface area (Å²) in [6.07, 6.45) is 3.10. The molecule has 0 spiro atoms. The molecule has 0 atom stereocenters. The second-order valence-corrected chi connectivity index (χ2v) is 4.84. The molecule has 1 heterocycles. The quantitative estimate of drug-likeness (QED) is 0.407. The summed E-state index contributed by atoms with van der Waals surface area (Å²) in [5, 5.41) is 12.6. The molecule has 0 fully saturated rings. The van der Waals surface area contributed by atoms with Crippen molar-refractivity contribution in [2.24, 2.45) is 5.16 Å². The largest absolute Gasteiger partial charge is 0.465 e. The molecule has 5 nitrogen and oxygen atoms in total. The van der Waals surface area contributed by atoms with Crippen molar-refractivity contribution in [2.75, 3.05) is 6.61 Å². The number of rotatable bonds is 4. The van der Waals surface area contributed by atoms with Gasteiger partial charge in [-0.3, -0.25) is 4.79 Å². The lowest BCUT2D eigenvalue weighted by Crippen LogP contribution is -2.12. The summed E-state index contributed by atoms with van der Waals surface area (Å²) < 4.78 is 7.63. The monoisotopic (exact) mass is 324 g/mol. The Bertz CT molecular complexity index is 634. The zero-order valence-electron chi connectivity index (χ0n) is 10.3. The van der Waals surface area contributed by atoms with Crippen LogP contribution in [0.1, 0.15) is 12.5 Å². The summed E-state index contributed by atoms with van der Waals surface area (Å²) in [5.74, 6) is -0.296. The minimum Gasteiger partial charge on any atom is -0.465 e. The van der Waals surface area contributed by atoms with Crippen molar-refractivity contribution in [3.05, 3.63) is 34.4 Å². The summed E-state index contributed by atoms with van der Waals surface area (Å²) in [4.78, 5) is 11.6. The highest BCUT2D eigenvalue weighted by Crippen LogP contribution is 2.24. The van der Waals surface area contributed by atoms with Gasteiger partial charge < -0.3 is 14.5 Å². The van der Waals surface area contributed by atoms with Gasteiger partial charge in [0, 0.05) is 27.1 Å². The van der Waals surface area contributed by atoms with Crippen molar-refractivity contribution in [3.8, 4) is 0 Å². The smallest absolute Gasteiger partial charge is 0.325 e. The number of fused-ring (bicyclic) bond motifs is 1. The molecular weight excluding hydrogens is 312 g/mol. The summed E-state index contributed by atoms with van der Waals surface area (Å²) in [7, 11) is 0. The highest BCUT2D eigenvalue weighted by Gasteiger charge is 2.11. The predicted molar refractivity (Wildman–Crippen MR) is 75.7 cm³/mol.